The molecule has 1 aliphatic carbocycles. The standard InChI is InChI=1S/C18H21NO/c1-20-16-11-9-14(10-12-16)13-19-18-8-4-6-15-5-2-3-7-17(15)18/h2-3,5,7,9-12,18-19H,4,6,8,13H2,1H3/t18-/m1/s1. The second-order valence-corrected chi connectivity index (χ2v) is 5.37. The number of hydrogen-bond acceptors (Lipinski definition) is 2. The highest BCUT2D eigenvalue weighted by molar-refractivity contribution is 5.32. The van der Waals surface area contributed by atoms with Crippen molar-refractivity contribution in [2.24, 2.45) is 0 Å². The average Bonchev–Trinajstić information content (AvgIpc) is 2.53. The van der Waals surface area contributed by atoms with Crippen LogP contribution in [0.4, 0.5) is 0 Å². The Morgan fingerprint density at radius 2 is 1.90 bits per heavy atom. The van der Waals surface area contributed by atoms with E-state index in [-0.39, 0.29) is 0 Å². The number of rotatable bonds is 4. The first-order valence-electron chi connectivity index (χ1n) is 7.31. The minimum absolute atomic E-state index is 0.488. The summed E-state index contributed by atoms with van der Waals surface area (Å²) in [6.45, 7) is 0.906. The fraction of sp³-hybridized carbons (Fsp3) is 0.333. The van der Waals surface area contributed by atoms with Crippen LogP contribution in [0, 0.1) is 0 Å². The van der Waals surface area contributed by atoms with Crippen molar-refractivity contribution in [3.8, 4) is 5.75 Å². The number of ether oxygens (including phenoxy) is 1. The molecule has 0 unspecified atom stereocenters. The van der Waals surface area contributed by atoms with Gasteiger partial charge in [0.15, 0.2) is 0 Å². The summed E-state index contributed by atoms with van der Waals surface area (Å²) in [6.07, 6.45) is 3.72. The normalized spacial score (nSPS) is 17.6. The van der Waals surface area contributed by atoms with Gasteiger partial charge in [0.25, 0.3) is 0 Å². The molecule has 2 heteroatoms. The summed E-state index contributed by atoms with van der Waals surface area (Å²) >= 11 is 0. The molecule has 2 aromatic carbocycles. The van der Waals surface area contributed by atoms with Crippen LogP contribution in [0.5, 0.6) is 5.75 Å². The van der Waals surface area contributed by atoms with Gasteiger partial charge in [0, 0.05) is 12.6 Å². The summed E-state index contributed by atoms with van der Waals surface area (Å²) in [5.74, 6) is 0.914. The van der Waals surface area contributed by atoms with E-state index in [4.69, 9.17) is 4.74 Å². The van der Waals surface area contributed by atoms with Gasteiger partial charge in [-0.3, -0.25) is 0 Å². The number of methoxy groups -OCH3 is 1. The van der Waals surface area contributed by atoms with Crippen LogP contribution < -0.4 is 10.1 Å². The highest BCUT2D eigenvalue weighted by Crippen LogP contribution is 2.29. The van der Waals surface area contributed by atoms with Gasteiger partial charge < -0.3 is 10.1 Å². The Morgan fingerprint density at radius 1 is 1.10 bits per heavy atom. The van der Waals surface area contributed by atoms with Gasteiger partial charge in [-0.2, -0.15) is 0 Å². The van der Waals surface area contributed by atoms with Crippen LogP contribution in [0.3, 0.4) is 0 Å². The molecule has 2 nitrogen and oxygen atoms in total. The largest absolute Gasteiger partial charge is 0.497 e. The van der Waals surface area contributed by atoms with Crippen LogP contribution in [0.25, 0.3) is 0 Å². The van der Waals surface area contributed by atoms with Crippen molar-refractivity contribution in [1.29, 1.82) is 0 Å². The van der Waals surface area contributed by atoms with Crippen LogP contribution in [0.15, 0.2) is 48.5 Å². The topological polar surface area (TPSA) is 21.3 Å². The van der Waals surface area contributed by atoms with Crippen molar-refractivity contribution in [2.45, 2.75) is 31.8 Å². The fourth-order valence-electron chi connectivity index (χ4n) is 2.95. The van der Waals surface area contributed by atoms with Gasteiger partial charge in [-0.25, -0.2) is 0 Å². The lowest BCUT2D eigenvalue weighted by Crippen LogP contribution is -2.24. The van der Waals surface area contributed by atoms with Crippen LogP contribution in [0.1, 0.15) is 35.6 Å². The molecule has 0 saturated heterocycles. The summed E-state index contributed by atoms with van der Waals surface area (Å²) in [6, 6.07) is 17.6. The zero-order chi connectivity index (χ0) is 13.8. The summed E-state index contributed by atoms with van der Waals surface area (Å²) in [5.41, 5.74) is 4.28. The molecule has 1 N–H and O–H groups in total. The van der Waals surface area contributed by atoms with Crippen molar-refractivity contribution in [1.82, 2.24) is 5.32 Å². The van der Waals surface area contributed by atoms with E-state index in [1.54, 1.807) is 7.11 Å². The van der Waals surface area contributed by atoms with Gasteiger partial charge >= 0.3 is 0 Å². The predicted octanol–water partition coefficient (Wildman–Crippen LogP) is 3.86. The Morgan fingerprint density at radius 3 is 2.70 bits per heavy atom. The van der Waals surface area contributed by atoms with E-state index >= 15 is 0 Å². The van der Waals surface area contributed by atoms with Crippen molar-refractivity contribution in [3.05, 3.63) is 65.2 Å². The molecular formula is C18H21NO. The smallest absolute Gasteiger partial charge is 0.118 e. The molecule has 3 rings (SSSR count). The van der Waals surface area contributed by atoms with Crippen LogP contribution in [-0.4, -0.2) is 7.11 Å². The molecule has 0 heterocycles. The predicted molar refractivity (Wildman–Crippen MR) is 82.0 cm³/mol. The first-order chi connectivity index (χ1) is 9.86. The summed E-state index contributed by atoms with van der Waals surface area (Å²) in [5, 5.41) is 3.69. The lowest BCUT2D eigenvalue weighted by Gasteiger charge is -2.26. The molecule has 2 aromatic rings. The molecule has 104 valence electrons. The molecule has 20 heavy (non-hydrogen) atoms. The molecule has 0 spiro atoms. The number of benzene rings is 2. The third kappa shape index (κ3) is 2.86. The summed E-state index contributed by atoms with van der Waals surface area (Å²) in [4.78, 5) is 0. The van der Waals surface area contributed by atoms with E-state index in [9.17, 15) is 0 Å². The SMILES string of the molecule is COc1ccc(CN[C@@H]2CCCc3ccccc32)cc1. The zero-order valence-electron chi connectivity index (χ0n) is 11.9. The van der Waals surface area contributed by atoms with Gasteiger partial charge in [0.2, 0.25) is 0 Å². The van der Waals surface area contributed by atoms with Gasteiger partial charge in [0.1, 0.15) is 5.75 Å². The van der Waals surface area contributed by atoms with Crippen LogP contribution >= 0.6 is 0 Å². The Balaban J connectivity index is 1.66. The number of nitrogens with one attached hydrogen (secondary N) is 1. The zero-order valence-corrected chi connectivity index (χ0v) is 11.9. The van der Waals surface area contributed by atoms with Gasteiger partial charge in [-0.05, 0) is 48.1 Å². The molecule has 0 saturated carbocycles. The van der Waals surface area contributed by atoms with Gasteiger partial charge in [-0.15, -0.1) is 0 Å². The van der Waals surface area contributed by atoms with Crippen LogP contribution in [-0.2, 0) is 13.0 Å². The summed E-state index contributed by atoms with van der Waals surface area (Å²) in [7, 11) is 1.70. The van der Waals surface area contributed by atoms with E-state index < -0.39 is 0 Å². The van der Waals surface area contributed by atoms with E-state index in [2.05, 4.69) is 41.7 Å². The average molecular weight is 267 g/mol. The molecule has 1 atom stereocenters. The molecule has 0 aromatic heterocycles. The van der Waals surface area contributed by atoms with E-state index in [0.29, 0.717) is 6.04 Å². The lowest BCUT2D eigenvalue weighted by molar-refractivity contribution is 0.414. The molecular weight excluding hydrogens is 246 g/mol. The van der Waals surface area contributed by atoms with Crippen molar-refractivity contribution < 1.29 is 4.74 Å². The Hall–Kier alpha value is -1.80. The van der Waals surface area contributed by atoms with Gasteiger partial charge in [0.05, 0.1) is 7.11 Å². The third-order valence-electron chi connectivity index (χ3n) is 4.08. The number of aryl methyl sites for hydroxylation is 1. The molecule has 0 radical (unpaired) electrons. The maximum atomic E-state index is 5.19. The van der Waals surface area contributed by atoms with Crippen molar-refractivity contribution in [3.63, 3.8) is 0 Å². The Bertz CT molecular complexity index is 562. The Kier molecular flexibility index (Phi) is 4.03. The third-order valence-corrected chi connectivity index (χ3v) is 4.08. The van der Waals surface area contributed by atoms with E-state index in [0.717, 1.165) is 12.3 Å². The van der Waals surface area contributed by atoms with Crippen LogP contribution in [0.2, 0.25) is 0 Å². The quantitative estimate of drug-likeness (QED) is 0.908. The fourth-order valence-corrected chi connectivity index (χ4v) is 2.95. The first kappa shape index (κ1) is 13.2. The maximum absolute atomic E-state index is 5.19. The monoisotopic (exact) mass is 267 g/mol. The maximum Gasteiger partial charge on any atom is 0.118 e. The van der Waals surface area contributed by atoms with Gasteiger partial charge in [-0.1, -0.05) is 36.4 Å². The van der Waals surface area contributed by atoms with Crippen molar-refractivity contribution >= 4 is 0 Å². The lowest BCUT2D eigenvalue weighted by atomic mass is 9.87. The molecule has 0 aliphatic heterocycles. The first-order valence-corrected chi connectivity index (χ1v) is 7.31. The molecule has 0 bridgehead atoms. The molecule has 1 aliphatic rings. The highest BCUT2D eigenvalue weighted by atomic mass is 16.5. The second kappa shape index (κ2) is 6.10. The molecule has 0 amide bonds. The Labute approximate surface area is 120 Å². The van der Waals surface area contributed by atoms with E-state index in [1.165, 1.54) is 36.0 Å². The van der Waals surface area contributed by atoms with Crippen molar-refractivity contribution in [2.75, 3.05) is 7.11 Å². The van der Waals surface area contributed by atoms with E-state index in [1.807, 2.05) is 12.1 Å². The number of hydrogen-bond donors (Lipinski definition) is 1. The minimum Gasteiger partial charge on any atom is -0.497 e. The minimum atomic E-state index is 0.488. The summed E-state index contributed by atoms with van der Waals surface area (Å²) < 4.78 is 5.19. The highest BCUT2D eigenvalue weighted by Gasteiger charge is 2.18. The molecule has 0 fully saturated rings. The second-order valence-electron chi connectivity index (χ2n) is 5.37. The number of fused-ring (bicyclic) bond motifs is 1.